The van der Waals surface area contributed by atoms with Crippen molar-refractivity contribution in [1.29, 1.82) is 0 Å². The van der Waals surface area contributed by atoms with Gasteiger partial charge in [-0.1, -0.05) is 36.4 Å². The highest BCUT2D eigenvalue weighted by Gasteiger charge is 2.12. The molecule has 4 aromatic carbocycles. The molecule has 5 heteroatoms. The molecule has 0 atom stereocenters. The van der Waals surface area contributed by atoms with Crippen LogP contribution in [0.1, 0.15) is 27.0 Å². The number of aromatic nitrogens is 1. The van der Waals surface area contributed by atoms with Crippen LogP contribution in [0, 0.1) is 13.8 Å². The van der Waals surface area contributed by atoms with Crippen molar-refractivity contribution >= 4 is 22.7 Å². The summed E-state index contributed by atoms with van der Waals surface area (Å²) in [6.45, 7) is 4.62. The number of benzene rings is 4. The van der Waals surface area contributed by atoms with Crippen molar-refractivity contribution in [3.8, 4) is 17.2 Å². The summed E-state index contributed by atoms with van der Waals surface area (Å²) in [5.74, 6) is 1.07. The van der Waals surface area contributed by atoms with Gasteiger partial charge in [0, 0.05) is 16.8 Å². The van der Waals surface area contributed by atoms with E-state index in [2.05, 4.69) is 36.3 Å². The van der Waals surface area contributed by atoms with Crippen molar-refractivity contribution < 1.29 is 13.9 Å². The number of hydrogen-bond acceptors (Lipinski definition) is 4. The lowest BCUT2D eigenvalue weighted by atomic mass is 10.1. The van der Waals surface area contributed by atoms with Crippen LogP contribution in [-0.4, -0.2) is 10.9 Å². The first-order chi connectivity index (χ1) is 16.5. The predicted molar refractivity (Wildman–Crippen MR) is 134 cm³/mol. The monoisotopic (exact) mass is 448 g/mol. The molecular formula is C29H24N2O3. The van der Waals surface area contributed by atoms with Crippen molar-refractivity contribution in [2.75, 3.05) is 5.32 Å². The molecule has 0 aliphatic heterocycles. The fourth-order valence-electron chi connectivity index (χ4n) is 3.65. The van der Waals surface area contributed by atoms with Gasteiger partial charge in [0.1, 0.15) is 17.9 Å². The Hall–Kier alpha value is -4.38. The molecule has 0 saturated heterocycles. The minimum Gasteiger partial charge on any atom is -0.489 e. The van der Waals surface area contributed by atoms with Gasteiger partial charge < -0.3 is 14.5 Å². The Kier molecular flexibility index (Phi) is 5.83. The Balaban J connectivity index is 1.27. The number of fused-ring (bicyclic) bond motifs is 1. The highest BCUT2D eigenvalue weighted by Crippen LogP contribution is 2.27. The highest BCUT2D eigenvalue weighted by molar-refractivity contribution is 6.05. The fraction of sp³-hybridized carbons (Fsp3) is 0.103. The standard InChI is InChI=1S/C29H24N2O3/c1-19-8-9-23(16-20(19)2)29-31-26-17-24(12-15-27(26)34-29)30-28(32)22-10-13-25(14-11-22)33-18-21-6-4-3-5-7-21/h3-17H,18H2,1-2H3,(H,30,32). The van der Waals surface area contributed by atoms with Gasteiger partial charge in [0.15, 0.2) is 5.58 Å². The van der Waals surface area contributed by atoms with E-state index in [9.17, 15) is 4.79 Å². The summed E-state index contributed by atoms with van der Waals surface area (Å²) in [4.78, 5) is 17.4. The molecule has 0 unspecified atom stereocenters. The molecule has 5 aromatic rings. The van der Waals surface area contributed by atoms with Crippen molar-refractivity contribution in [2.24, 2.45) is 0 Å². The quantitative estimate of drug-likeness (QED) is 0.305. The molecule has 34 heavy (non-hydrogen) atoms. The third-order valence-corrected chi connectivity index (χ3v) is 5.76. The normalized spacial score (nSPS) is 10.9. The van der Waals surface area contributed by atoms with Crippen LogP contribution in [0.3, 0.4) is 0 Å². The number of oxazole rings is 1. The van der Waals surface area contributed by atoms with Crippen molar-refractivity contribution in [3.05, 3.63) is 113 Å². The molecule has 5 nitrogen and oxygen atoms in total. The maximum Gasteiger partial charge on any atom is 0.255 e. The second-order valence-corrected chi connectivity index (χ2v) is 8.25. The smallest absolute Gasteiger partial charge is 0.255 e. The number of amides is 1. The Labute approximate surface area is 198 Å². The zero-order chi connectivity index (χ0) is 23.5. The van der Waals surface area contributed by atoms with E-state index in [-0.39, 0.29) is 5.91 Å². The number of carbonyl (C=O) groups is 1. The van der Waals surface area contributed by atoms with Gasteiger partial charge in [-0.05, 0) is 85.1 Å². The second-order valence-electron chi connectivity index (χ2n) is 8.25. The van der Waals surface area contributed by atoms with Gasteiger partial charge in [0.2, 0.25) is 5.89 Å². The summed E-state index contributed by atoms with van der Waals surface area (Å²) >= 11 is 0. The van der Waals surface area contributed by atoms with Crippen LogP contribution in [0.15, 0.2) is 95.4 Å². The van der Waals surface area contributed by atoms with E-state index < -0.39 is 0 Å². The van der Waals surface area contributed by atoms with Crippen LogP contribution in [0.2, 0.25) is 0 Å². The molecule has 0 bridgehead atoms. The fourth-order valence-corrected chi connectivity index (χ4v) is 3.65. The van der Waals surface area contributed by atoms with Crippen LogP contribution in [0.25, 0.3) is 22.6 Å². The molecule has 1 amide bonds. The van der Waals surface area contributed by atoms with Gasteiger partial charge in [-0.25, -0.2) is 4.98 Å². The summed E-state index contributed by atoms with van der Waals surface area (Å²) in [5.41, 5.74) is 6.99. The van der Waals surface area contributed by atoms with E-state index in [0.717, 1.165) is 11.1 Å². The van der Waals surface area contributed by atoms with Crippen LogP contribution >= 0.6 is 0 Å². The lowest BCUT2D eigenvalue weighted by molar-refractivity contribution is 0.102. The van der Waals surface area contributed by atoms with Crippen LogP contribution in [0.5, 0.6) is 5.75 Å². The lowest BCUT2D eigenvalue weighted by Gasteiger charge is -2.08. The number of carbonyl (C=O) groups excluding carboxylic acids is 1. The third-order valence-electron chi connectivity index (χ3n) is 5.76. The molecule has 1 heterocycles. The number of nitrogens with zero attached hydrogens (tertiary/aromatic N) is 1. The first kappa shape index (κ1) is 21.5. The molecular weight excluding hydrogens is 424 g/mol. The van der Waals surface area contributed by atoms with E-state index in [4.69, 9.17) is 9.15 Å². The number of ether oxygens (including phenoxy) is 1. The van der Waals surface area contributed by atoms with Gasteiger partial charge in [-0.2, -0.15) is 0 Å². The number of aryl methyl sites for hydroxylation is 2. The van der Waals surface area contributed by atoms with Gasteiger partial charge >= 0.3 is 0 Å². The summed E-state index contributed by atoms with van der Waals surface area (Å²) in [6.07, 6.45) is 0. The molecule has 0 aliphatic rings. The lowest BCUT2D eigenvalue weighted by Crippen LogP contribution is -2.11. The van der Waals surface area contributed by atoms with E-state index in [1.165, 1.54) is 11.1 Å². The van der Waals surface area contributed by atoms with Gasteiger partial charge in [0.25, 0.3) is 5.91 Å². The molecule has 0 fully saturated rings. The number of rotatable bonds is 6. The molecule has 0 saturated carbocycles. The SMILES string of the molecule is Cc1ccc(-c2nc3cc(NC(=O)c4ccc(OCc5ccccc5)cc4)ccc3o2)cc1C. The van der Waals surface area contributed by atoms with Gasteiger partial charge in [-0.3, -0.25) is 4.79 Å². The highest BCUT2D eigenvalue weighted by atomic mass is 16.5. The molecule has 168 valence electrons. The van der Waals surface area contributed by atoms with E-state index in [1.54, 1.807) is 24.3 Å². The van der Waals surface area contributed by atoms with E-state index in [0.29, 0.717) is 40.6 Å². The van der Waals surface area contributed by atoms with Crippen LogP contribution < -0.4 is 10.1 Å². The largest absolute Gasteiger partial charge is 0.489 e. The maximum absolute atomic E-state index is 12.7. The van der Waals surface area contributed by atoms with Crippen molar-refractivity contribution in [1.82, 2.24) is 4.98 Å². The first-order valence-electron chi connectivity index (χ1n) is 11.1. The minimum absolute atomic E-state index is 0.202. The second kappa shape index (κ2) is 9.24. The molecule has 1 aromatic heterocycles. The van der Waals surface area contributed by atoms with E-state index in [1.807, 2.05) is 54.6 Å². The van der Waals surface area contributed by atoms with Crippen LogP contribution in [0.4, 0.5) is 5.69 Å². The number of hydrogen-bond donors (Lipinski definition) is 1. The number of anilines is 1. The van der Waals surface area contributed by atoms with E-state index >= 15 is 0 Å². The molecule has 5 rings (SSSR count). The average Bonchev–Trinajstić information content (AvgIpc) is 3.29. The van der Waals surface area contributed by atoms with Gasteiger partial charge in [-0.15, -0.1) is 0 Å². The van der Waals surface area contributed by atoms with Gasteiger partial charge in [0.05, 0.1) is 0 Å². The Morgan fingerprint density at radius 2 is 1.68 bits per heavy atom. The Morgan fingerprint density at radius 3 is 2.44 bits per heavy atom. The third kappa shape index (κ3) is 4.69. The maximum atomic E-state index is 12.7. The van der Waals surface area contributed by atoms with Crippen molar-refractivity contribution in [3.63, 3.8) is 0 Å². The summed E-state index contributed by atoms with van der Waals surface area (Å²) in [7, 11) is 0. The molecule has 0 spiro atoms. The summed E-state index contributed by atoms with van der Waals surface area (Å²) in [5, 5.41) is 2.93. The molecule has 0 aliphatic carbocycles. The summed E-state index contributed by atoms with van der Waals surface area (Å²) in [6, 6.07) is 28.6. The predicted octanol–water partition coefficient (Wildman–Crippen LogP) is 6.94. The Bertz CT molecular complexity index is 1450. The zero-order valence-corrected chi connectivity index (χ0v) is 19.0. The number of nitrogens with one attached hydrogen (secondary N) is 1. The topological polar surface area (TPSA) is 64.4 Å². The summed E-state index contributed by atoms with van der Waals surface area (Å²) < 4.78 is 11.7. The molecule has 0 radical (unpaired) electrons. The Morgan fingerprint density at radius 1 is 0.882 bits per heavy atom. The average molecular weight is 449 g/mol. The minimum atomic E-state index is -0.202. The zero-order valence-electron chi connectivity index (χ0n) is 19.0. The molecule has 1 N–H and O–H groups in total. The van der Waals surface area contributed by atoms with Crippen molar-refractivity contribution in [2.45, 2.75) is 20.5 Å². The first-order valence-corrected chi connectivity index (χ1v) is 11.1. The van der Waals surface area contributed by atoms with Crippen LogP contribution in [-0.2, 0) is 6.61 Å².